The molecule has 0 saturated heterocycles. The molecule has 4 N–H and O–H groups in total. The van der Waals surface area contributed by atoms with Gasteiger partial charge >= 0.3 is 0 Å². The molecule has 0 amide bonds. The Morgan fingerprint density at radius 1 is 1.25 bits per heavy atom. The highest BCUT2D eigenvalue weighted by Gasteiger charge is 2.27. The number of aromatic hydroxyl groups is 1. The van der Waals surface area contributed by atoms with Crippen LogP contribution in [0.15, 0.2) is 60.0 Å². The van der Waals surface area contributed by atoms with E-state index in [0.717, 1.165) is 5.56 Å². The predicted molar refractivity (Wildman–Crippen MR) is 112 cm³/mol. The molecule has 0 unspecified atom stereocenters. The number of phenols is 1. The third kappa shape index (κ3) is 4.99. The predicted octanol–water partition coefficient (Wildman–Crippen LogP) is 3.22. The van der Waals surface area contributed by atoms with Crippen LogP contribution in [0.1, 0.15) is 36.5 Å². The van der Waals surface area contributed by atoms with E-state index in [0.29, 0.717) is 12.3 Å². The van der Waals surface area contributed by atoms with Crippen LogP contribution in [-0.4, -0.2) is 36.8 Å². The Labute approximate surface area is 166 Å². The van der Waals surface area contributed by atoms with Gasteiger partial charge < -0.3 is 10.8 Å². The molecule has 0 aliphatic rings. The summed E-state index contributed by atoms with van der Waals surface area (Å²) < 4.78 is 27.4. The first-order valence-electron chi connectivity index (χ1n) is 9.04. The van der Waals surface area contributed by atoms with Crippen LogP contribution in [-0.2, 0) is 16.4 Å². The topological polar surface area (TPSA) is 107 Å². The van der Waals surface area contributed by atoms with E-state index < -0.39 is 10.0 Å². The number of sulfonamides is 1. The van der Waals surface area contributed by atoms with Gasteiger partial charge in [0.1, 0.15) is 16.5 Å². The molecule has 0 radical (unpaired) electrons. The van der Waals surface area contributed by atoms with Crippen molar-refractivity contribution in [2.24, 2.45) is 5.73 Å². The van der Waals surface area contributed by atoms with Gasteiger partial charge in [0.15, 0.2) is 0 Å². The van der Waals surface area contributed by atoms with Crippen molar-refractivity contribution >= 4 is 15.9 Å². The number of benzene rings is 2. The molecule has 7 heteroatoms. The second kappa shape index (κ2) is 9.03. The molecule has 2 rings (SSSR count). The van der Waals surface area contributed by atoms with Gasteiger partial charge in [-0.25, -0.2) is 8.42 Å². The lowest BCUT2D eigenvalue weighted by molar-refractivity contribution is 0.429. The SMILES string of the molecule is C=CCN(CCc1ccc(C(C)C)cc1)S(=O)(=O)c1cc(C(=N)N)ccc1O. The monoisotopic (exact) mass is 401 g/mol. The summed E-state index contributed by atoms with van der Waals surface area (Å²) in [7, 11) is -3.98. The highest BCUT2D eigenvalue weighted by atomic mass is 32.2. The van der Waals surface area contributed by atoms with Crippen LogP contribution in [0, 0.1) is 5.41 Å². The number of hydrogen-bond acceptors (Lipinski definition) is 4. The van der Waals surface area contributed by atoms with E-state index in [1.54, 1.807) is 0 Å². The molecule has 0 bridgehead atoms. The fourth-order valence-corrected chi connectivity index (χ4v) is 4.32. The average molecular weight is 402 g/mol. The average Bonchev–Trinajstić information content (AvgIpc) is 2.65. The fourth-order valence-electron chi connectivity index (χ4n) is 2.80. The van der Waals surface area contributed by atoms with Crippen LogP contribution in [0.3, 0.4) is 0 Å². The summed E-state index contributed by atoms with van der Waals surface area (Å²) in [6.07, 6.45) is 2.03. The summed E-state index contributed by atoms with van der Waals surface area (Å²) in [6.45, 7) is 8.22. The third-order valence-electron chi connectivity index (χ3n) is 4.52. The van der Waals surface area contributed by atoms with Crippen molar-refractivity contribution in [1.82, 2.24) is 4.31 Å². The summed E-state index contributed by atoms with van der Waals surface area (Å²) in [5, 5.41) is 17.6. The van der Waals surface area contributed by atoms with Crippen LogP contribution in [0.25, 0.3) is 0 Å². The summed E-state index contributed by atoms with van der Waals surface area (Å²) in [5.41, 5.74) is 7.94. The maximum absolute atomic E-state index is 13.1. The zero-order chi connectivity index (χ0) is 20.9. The molecule has 0 aliphatic carbocycles. The maximum atomic E-state index is 13.1. The van der Waals surface area contributed by atoms with E-state index in [2.05, 4.69) is 32.6 Å². The number of nitrogens with two attached hydrogens (primary N) is 1. The minimum absolute atomic E-state index is 0.107. The summed E-state index contributed by atoms with van der Waals surface area (Å²) >= 11 is 0. The zero-order valence-corrected chi connectivity index (χ0v) is 17.0. The first-order chi connectivity index (χ1) is 13.2. The van der Waals surface area contributed by atoms with Gasteiger partial charge in [-0.3, -0.25) is 5.41 Å². The number of nitrogen functional groups attached to an aromatic ring is 1. The smallest absolute Gasteiger partial charge is 0.247 e. The Kier molecular flexibility index (Phi) is 6.99. The van der Waals surface area contributed by atoms with Gasteiger partial charge in [0, 0.05) is 18.7 Å². The molecule has 2 aromatic rings. The van der Waals surface area contributed by atoms with Crippen LogP contribution in [0.4, 0.5) is 0 Å². The Balaban J connectivity index is 2.28. The standard InChI is InChI=1S/C21H27N3O3S/c1-4-12-24(13-11-16-5-7-17(8-6-16)15(2)3)28(26,27)20-14-18(21(22)23)9-10-19(20)25/h4-10,14-15,25H,1,11-13H2,2-3H3,(H3,22,23). The number of phenolic OH excluding ortho intramolecular Hbond substituents is 1. The maximum Gasteiger partial charge on any atom is 0.247 e. The molecule has 28 heavy (non-hydrogen) atoms. The Bertz CT molecular complexity index is 951. The van der Waals surface area contributed by atoms with Crippen molar-refractivity contribution < 1.29 is 13.5 Å². The highest BCUT2D eigenvalue weighted by molar-refractivity contribution is 7.89. The molecular formula is C21H27N3O3S. The lowest BCUT2D eigenvalue weighted by Gasteiger charge is -2.22. The van der Waals surface area contributed by atoms with E-state index in [-0.39, 0.29) is 35.1 Å². The molecule has 0 aliphatic heterocycles. The first kappa shape index (κ1) is 21.7. The zero-order valence-electron chi connectivity index (χ0n) is 16.2. The number of nitrogens with zero attached hydrogens (tertiary/aromatic N) is 1. The van der Waals surface area contributed by atoms with E-state index in [1.807, 2.05) is 12.1 Å². The van der Waals surface area contributed by atoms with Gasteiger partial charge in [0.25, 0.3) is 0 Å². The Morgan fingerprint density at radius 3 is 2.43 bits per heavy atom. The molecule has 0 spiro atoms. The largest absolute Gasteiger partial charge is 0.507 e. The highest BCUT2D eigenvalue weighted by Crippen LogP contribution is 2.27. The van der Waals surface area contributed by atoms with Crippen LogP contribution in [0.5, 0.6) is 5.75 Å². The van der Waals surface area contributed by atoms with Crippen LogP contribution in [0.2, 0.25) is 0 Å². The summed E-state index contributed by atoms with van der Waals surface area (Å²) in [4.78, 5) is -0.266. The van der Waals surface area contributed by atoms with Crippen LogP contribution < -0.4 is 5.73 Å². The molecular weight excluding hydrogens is 374 g/mol. The first-order valence-corrected chi connectivity index (χ1v) is 10.5. The van der Waals surface area contributed by atoms with Gasteiger partial charge in [-0.05, 0) is 41.7 Å². The van der Waals surface area contributed by atoms with Crippen molar-refractivity contribution in [2.45, 2.75) is 31.1 Å². The number of nitrogens with one attached hydrogen (secondary N) is 1. The van der Waals surface area contributed by atoms with Gasteiger partial charge in [0.2, 0.25) is 10.0 Å². The Hall–Kier alpha value is -2.64. The van der Waals surface area contributed by atoms with Gasteiger partial charge in [-0.15, -0.1) is 6.58 Å². The molecule has 0 aromatic heterocycles. The third-order valence-corrected chi connectivity index (χ3v) is 6.41. The number of amidine groups is 1. The van der Waals surface area contributed by atoms with Crippen molar-refractivity contribution in [2.75, 3.05) is 13.1 Å². The quantitative estimate of drug-likeness (QED) is 0.341. The van der Waals surface area contributed by atoms with Gasteiger partial charge in [-0.2, -0.15) is 4.31 Å². The van der Waals surface area contributed by atoms with Gasteiger partial charge in [-0.1, -0.05) is 44.2 Å². The normalized spacial score (nSPS) is 11.7. The van der Waals surface area contributed by atoms with E-state index in [4.69, 9.17) is 11.1 Å². The molecule has 0 fully saturated rings. The second-order valence-electron chi connectivity index (χ2n) is 6.89. The van der Waals surface area contributed by atoms with Crippen LogP contribution >= 0.6 is 0 Å². The molecule has 6 nitrogen and oxygen atoms in total. The van der Waals surface area contributed by atoms with Crippen molar-refractivity contribution in [3.63, 3.8) is 0 Å². The minimum Gasteiger partial charge on any atom is -0.507 e. The number of rotatable bonds is 9. The molecule has 2 aromatic carbocycles. The lowest BCUT2D eigenvalue weighted by atomic mass is 10.0. The van der Waals surface area contributed by atoms with E-state index >= 15 is 0 Å². The minimum atomic E-state index is -3.98. The van der Waals surface area contributed by atoms with Gasteiger partial charge in [0.05, 0.1) is 0 Å². The van der Waals surface area contributed by atoms with Crippen molar-refractivity contribution in [3.8, 4) is 5.75 Å². The van der Waals surface area contributed by atoms with Crippen molar-refractivity contribution in [3.05, 3.63) is 71.8 Å². The van der Waals surface area contributed by atoms with Crippen molar-refractivity contribution in [1.29, 1.82) is 5.41 Å². The summed E-state index contributed by atoms with van der Waals surface area (Å²) in [6, 6.07) is 12.0. The molecule has 0 heterocycles. The fraction of sp³-hybridized carbons (Fsp3) is 0.286. The molecule has 0 saturated carbocycles. The molecule has 150 valence electrons. The molecule has 0 atom stereocenters. The lowest BCUT2D eigenvalue weighted by Crippen LogP contribution is -2.33. The second-order valence-corrected chi connectivity index (χ2v) is 8.80. The van der Waals surface area contributed by atoms with E-state index in [1.165, 1.54) is 34.1 Å². The number of hydrogen-bond donors (Lipinski definition) is 3. The summed E-state index contributed by atoms with van der Waals surface area (Å²) in [5.74, 6) is -0.208. The Morgan fingerprint density at radius 2 is 1.89 bits per heavy atom. The van der Waals surface area contributed by atoms with E-state index in [9.17, 15) is 13.5 Å².